The van der Waals surface area contributed by atoms with E-state index in [1.54, 1.807) is 12.4 Å². The van der Waals surface area contributed by atoms with Crippen molar-refractivity contribution in [1.82, 2.24) is 4.98 Å². The van der Waals surface area contributed by atoms with Crippen molar-refractivity contribution >= 4 is 5.78 Å². The molecule has 2 heteroatoms. The highest BCUT2D eigenvalue weighted by molar-refractivity contribution is 5.98. The first-order chi connectivity index (χ1) is 6.70. The fourth-order valence-electron chi connectivity index (χ4n) is 1.63. The molecule has 0 aliphatic rings. The third kappa shape index (κ3) is 2.19. The minimum atomic E-state index is 0.163. The third-order valence-corrected chi connectivity index (χ3v) is 2.64. The molecule has 0 bridgehead atoms. The van der Waals surface area contributed by atoms with Gasteiger partial charge in [-0.1, -0.05) is 13.8 Å². The lowest BCUT2D eigenvalue weighted by Crippen LogP contribution is -2.14. The van der Waals surface area contributed by atoms with E-state index in [0.717, 1.165) is 24.0 Å². The molecule has 0 saturated heterocycles. The number of carbonyl (C=O) groups excluding carboxylic acids is 1. The zero-order chi connectivity index (χ0) is 10.6. The lowest BCUT2D eigenvalue weighted by molar-refractivity contribution is 0.0912. The van der Waals surface area contributed by atoms with Crippen LogP contribution < -0.4 is 0 Å². The number of carbonyl (C=O) groups is 1. The molecule has 1 heterocycles. The molecule has 2 nitrogen and oxygen atoms in total. The van der Waals surface area contributed by atoms with Crippen LogP contribution in [-0.4, -0.2) is 10.8 Å². The number of Topliss-reactive ketones (excluding diaryl/α,β-unsaturated/α-hetero) is 1. The van der Waals surface area contributed by atoms with Gasteiger partial charge in [0, 0.05) is 23.9 Å². The first kappa shape index (κ1) is 10.9. The topological polar surface area (TPSA) is 30.0 Å². The molecule has 14 heavy (non-hydrogen) atoms. The molecule has 76 valence electrons. The summed E-state index contributed by atoms with van der Waals surface area (Å²) in [6, 6.07) is 1.82. The Bertz CT molecular complexity index is 316. The Hall–Kier alpha value is -1.18. The molecule has 0 fully saturated rings. The van der Waals surface area contributed by atoms with Crippen LogP contribution in [0, 0.1) is 12.8 Å². The molecular weight excluding hydrogens is 174 g/mol. The van der Waals surface area contributed by atoms with Gasteiger partial charge in [-0.15, -0.1) is 0 Å². The average Bonchev–Trinajstić information content (AvgIpc) is 2.20. The summed E-state index contributed by atoms with van der Waals surface area (Å²) in [7, 11) is 0. The summed E-state index contributed by atoms with van der Waals surface area (Å²) < 4.78 is 0. The summed E-state index contributed by atoms with van der Waals surface area (Å²) in [5.74, 6) is 0.422. The number of aromatic nitrogens is 1. The lowest BCUT2D eigenvalue weighted by atomic mass is 9.92. The summed E-state index contributed by atoms with van der Waals surface area (Å²) in [6.45, 7) is 6.05. The summed E-state index contributed by atoms with van der Waals surface area (Å²) in [4.78, 5) is 16.0. The predicted octanol–water partition coefficient (Wildman–Crippen LogP) is 3.01. The molecule has 0 aliphatic heterocycles. The predicted molar refractivity (Wildman–Crippen MR) is 57.4 cm³/mol. The van der Waals surface area contributed by atoms with Gasteiger partial charge in [-0.25, -0.2) is 0 Å². The van der Waals surface area contributed by atoms with Gasteiger partial charge in [0.15, 0.2) is 5.78 Å². The maximum Gasteiger partial charge on any atom is 0.166 e. The molecule has 0 spiro atoms. The summed E-state index contributed by atoms with van der Waals surface area (Å²) >= 11 is 0. The van der Waals surface area contributed by atoms with Gasteiger partial charge in [0.2, 0.25) is 0 Å². The van der Waals surface area contributed by atoms with E-state index in [4.69, 9.17) is 0 Å². The van der Waals surface area contributed by atoms with Crippen LogP contribution in [0.1, 0.15) is 42.6 Å². The van der Waals surface area contributed by atoms with E-state index >= 15 is 0 Å². The molecule has 1 aromatic rings. The molecule has 0 aliphatic carbocycles. The van der Waals surface area contributed by atoms with Crippen LogP contribution >= 0.6 is 0 Å². The van der Waals surface area contributed by atoms with Gasteiger partial charge in [-0.2, -0.15) is 0 Å². The van der Waals surface area contributed by atoms with Crippen molar-refractivity contribution in [2.75, 3.05) is 0 Å². The Balaban J connectivity index is 2.94. The van der Waals surface area contributed by atoms with Crippen LogP contribution in [0.25, 0.3) is 0 Å². The van der Waals surface area contributed by atoms with Crippen molar-refractivity contribution in [1.29, 1.82) is 0 Å². The quantitative estimate of drug-likeness (QED) is 0.685. The zero-order valence-electron chi connectivity index (χ0n) is 9.08. The molecule has 0 radical (unpaired) electrons. The van der Waals surface area contributed by atoms with Gasteiger partial charge in [0.05, 0.1) is 0 Å². The van der Waals surface area contributed by atoms with E-state index in [9.17, 15) is 4.79 Å². The highest BCUT2D eigenvalue weighted by Gasteiger charge is 2.17. The van der Waals surface area contributed by atoms with Crippen LogP contribution in [0.15, 0.2) is 18.5 Å². The maximum absolute atomic E-state index is 12.0. The molecule has 0 N–H and O–H groups in total. The summed E-state index contributed by atoms with van der Waals surface area (Å²) in [5.41, 5.74) is 1.80. The monoisotopic (exact) mass is 191 g/mol. The van der Waals surface area contributed by atoms with Crippen LogP contribution in [0.4, 0.5) is 0 Å². The number of rotatable bonds is 4. The van der Waals surface area contributed by atoms with Gasteiger partial charge in [0.25, 0.3) is 0 Å². The van der Waals surface area contributed by atoms with E-state index in [1.165, 1.54) is 0 Å². The van der Waals surface area contributed by atoms with Crippen LogP contribution in [0.2, 0.25) is 0 Å². The average molecular weight is 191 g/mol. The minimum absolute atomic E-state index is 0.163. The molecule has 0 saturated carbocycles. The van der Waals surface area contributed by atoms with Gasteiger partial charge < -0.3 is 0 Å². The number of hydrogen-bond acceptors (Lipinski definition) is 2. The molecule has 0 unspecified atom stereocenters. The molecule has 0 atom stereocenters. The molecular formula is C12H17NO. The van der Waals surface area contributed by atoms with Crippen LogP contribution in [0.3, 0.4) is 0 Å². The summed E-state index contributed by atoms with van der Waals surface area (Å²) in [5, 5.41) is 0. The first-order valence-electron chi connectivity index (χ1n) is 5.15. The Morgan fingerprint density at radius 3 is 2.57 bits per heavy atom. The molecule has 1 aromatic heterocycles. The van der Waals surface area contributed by atoms with Crippen molar-refractivity contribution in [3.63, 3.8) is 0 Å². The first-order valence-corrected chi connectivity index (χ1v) is 5.15. The fourth-order valence-corrected chi connectivity index (χ4v) is 1.63. The Morgan fingerprint density at radius 1 is 1.43 bits per heavy atom. The number of hydrogen-bond donors (Lipinski definition) is 0. The van der Waals surface area contributed by atoms with Crippen LogP contribution in [0.5, 0.6) is 0 Å². The Labute approximate surface area is 85.4 Å². The highest BCUT2D eigenvalue weighted by atomic mass is 16.1. The Kier molecular flexibility index (Phi) is 3.81. The standard InChI is InChI=1S/C12H17NO/c1-4-10(5-2)12(14)11-6-7-13-8-9(11)3/h6-8,10H,4-5H2,1-3H3. The van der Waals surface area contributed by atoms with Crippen molar-refractivity contribution < 1.29 is 4.79 Å². The fraction of sp³-hybridized carbons (Fsp3) is 0.500. The van der Waals surface area contributed by atoms with Crippen molar-refractivity contribution in [3.05, 3.63) is 29.6 Å². The van der Waals surface area contributed by atoms with Gasteiger partial charge in [-0.05, 0) is 31.4 Å². The molecule has 0 amide bonds. The van der Waals surface area contributed by atoms with Crippen molar-refractivity contribution in [2.45, 2.75) is 33.6 Å². The van der Waals surface area contributed by atoms with Gasteiger partial charge in [0.1, 0.15) is 0 Å². The smallest absolute Gasteiger partial charge is 0.166 e. The second kappa shape index (κ2) is 4.89. The zero-order valence-corrected chi connectivity index (χ0v) is 9.08. The second-order valence-corrected chi connectivity index (χ2v) is 3.57. The van der Waals surface area contributed by atoms with Crippen LogP contribution in [-0.2, 0) is 0 Å². The number of ketones is 1. The second-order valence-electron chi connectivity index (χ2n) is 3.57. The summed E-state index contributed by atoms with van der Waals surface area (Å²) in [6.07, 6.45) is 5.26. The van der Waals surface area contributed by atoms with E-state index in [0.29, 0.717) is 0 Å². The van der Waals surface area contributed by atoms with E-state index in [1.807, 2.05) is 13.0 Å². The van der Waals surface area contributed by atoms with E-state index in [2.05, 4.69) is 18.8 Å². The highest BCUT2D eigenvalue weighted by Crippen LogP contribution is 2.17. The molecule has 1 rings (SSSR count). The number of pyridine rings is 1. The normalized spacial score (nSPS) is 10.6. The maximum atomic E-state index is 12.0. The van der Waals surface area contributed by atoms with Gasteiger partial charge >= 0.3 is 0 Å². The Morgan fingerprint density at radius 2 is 2.07 bits per heavy atom. The minimum Gasteiger partial charge on any atom is -0.294 e. The lowest BCUT2D eigenvalue weighted by Gasteiger charge is -2.12. The van der Waals surface area contributed by atoms with Crippen molar-refractivity contribution in [2.24, 2.45) is 5.92 Å². The van der Waals surface area contributed by atoms with Gasteiger partial charge in [-0.3, -0.25) is 9.78 Å². The number of nitrogens with zero attached hydrogens (tertiary/aromatic N) is 1. The third-order valence-electron chi connectivity index (χ3n) is 2.64. The van der Waals surface area contributed by atoms with Crippen molar-refractivity contribution in [3.8, 4) is 0 Å². The largest absolute Gasteiger partial charge is 0.294 e. The molecule has 0 aromatic carbocycles. The SMILES string of the molecule is CCC(CC)C(=O)c1ccncc1C. The van der Waals surface area contributed by atoms with E-state index < -0.39 is 0 Å². The van der Waals surface area contributed by atoms with E-state index in [-0.39, 0.29) is 11.7 Å². The number of aryl methyl sites for hydroxylation is 1.